The number of benzene rings is 1. The lowest BCUT2D eigenvalue weighted by Crippen LogP contribution is -2.51. The number of carbonyl (C=O) groups is 1. The molecular formula is C21H19F3N4O2. The molecule has 2 heterocycles. The highest BCUT2D eigenvalue weighted by Crippen LogP contribution is 2.46. The first-order valence-electron chi connectivity index (χ1n) is 9.90. The van der Waals surface area contributed by atoms with E-state index in [1.807, 2.05) is 0 Å². The Morgan fingerprint density at radius 1 is 1.10 bits per heavy atom. The standard InChI is InChI=1S/C21H19F3N4O2/c22-11-5-12-13(7-25-18(12)14(23)6-11)19-26-8-15(24)20(28-19)27-17-10-3-1-9(2-4-10)16(17)21(29)30/h5-10,16-17,25H,1-4H2,(H,29,30)(H,26,27,28)/t9?,10?,16-,17?/m0/s1. The monoisotopic (exact) mass is 416 g/mol. The summed E-state index contributed by atoms with van der Waals surface area (Å²) in [4.78, 5) is 22.8. The average Bonchev–Trinajstić information content (AvgIpc) is 3.14. The first-order chi connectivity index (χ1) is 14.4. The molecule has 0 amide bonds. The van der Waals surface area contributed by atoms with Gasteiger partial charge >= 0.3 is 5.97 Å². The van der Waals surface area contributed by atoms with Crippen LogP contribution in [0.1, 0.15) is 25.7 Å². The van der Waals surface area contributed by atoms with Crippen molar-refractivity contribution in [1.82, 2.24) is 15.0 Å². The van der Waals surface area contributed by atoms with Gasteiger partial charge in [-0.15, -0.1) is 0 Å². The van der Waals surface area contributed by atoms with Crippen molar-refractivity contribution < 1.29 is 23.1 Å². The number of aromatic amines is 1. The molecule has 0 radical (unpaired) electrons. The molecule has 2 atom stereocenters. The van der Waals surface area contributed by atoms with Gasteiger partial charge in [-0.25, -0.2) is 23.1 Å². The van der Waals surface area contributed by atoms with Gasteiger partial charge in [0.2, 0.25) is 0 Å². The summed E-state index contributed by atoms with van der Waals surface area (Å²) in [5.74, 6) is -3.52. The highest BCUT2D eigenvalue weighted by molar-refractivity contribution is 5.94. The Balaban J connectivity index is 1.53. The molecule has 6 rings (SSSR count). The molecule has 2 aromatic heterocycles. The number of nitrogens with one attached hydrogen (secondary N) is 2. The zero-order valence-electron chi connectivity index (χ0n) is 15.8. The maximum absolute atomic E-state index is 14.5. The largest absolute Gasteiger partial charge is 0.481 e. The van der Waals surface area contributed by atoms with E-state index in [9.17, 15) is 23.1 Å². The van der Waals surface area contributed by atoms with Gasteiger partial charge in [0.15, 0.2) is 17.5 Å². The molecule has 156 valence electrons. The normalized spacial score (nSPS) is 25.6. The molecule has 30 heavy (non-hydrogen) atoms. The quantitative estimate of drug-likeness (QED) is 0.589. The van der Waals surface area contributed by atoms with Gasteiger partial charge in [-0.3, -0.25) is 4.79 Å². The van der Waals surface area contributed by atoms with Crippen molar-refractivity contribution in [2.45, 2.75) is 31.7 Å². The highest BCUT2D eigenvalue weighted by Gasteiger charge is 2.47. The molecule has 3 N–H and O–H groups in total. The van der Waals surface area contributed by atoms with Crippen molar-refractivity contribution in [3.05, 3.63) is 42.0 Å². The number of aromatic nitrogens is 3. The van der Waals surface area contributed by atoms with E-state index in [4.69, 9.17) is 0 Å². The Hall–Kier alpha value is -3.10. The molecule has 3 fully saturated rings. The van der Waals surface area contributed by atoms with Crippen LogP contribution in [0.4, 0.5) is 19.0 Å². The Morgan fingerprint density at radius 3 is 2.57 bits per heavy atom. The van der Waals surface area contributed by atoms with Crippen LogP contribution in [-0.4, -0.2) is 32.1 Å². The maximum atomic E-state index is 14.5. The number of aliphatic carboxylic acids is 1. The summed E-state index contributed by atoms with van der Waals surface area (Å²) in [5, 5.41) is 13.0. The van der Waals surface area contributed by atoms with E-state index in [-0.39, 0.29) is 34.4 Å². The van der Waals surface area contributed by atoms with Crippen LogP contribution in [0.5, 0.6) is 0 Å². The summed E-state index contributed by atoms with van der Waals surface area (Å²) in [7, 11) is 0. The van der Waals surface area contributed by atoms with E-state index in [0.29, 0.717) is 5.56 Å². The summed E-state index contributed by atoms with van der Waals surface area (Å²) in [5.41, 5.74) is 0.427. The predicted octanol–water partition coefficient (Wildman–Crippen LogP) is 4.34. The van der Waals surface area contributed by atoms with Crippen LogP contribution in [0.2, 0.25) is 0 Å². The van der Waals surface area contributed by atoms with Crippen molar-refractivity contribution >= 4 is 22.7 Å². The fraction of sp³-hybridized carbons (Fsp3) is 0.381. The number of hydrogen-bond donors (Lipinski definition) is 3. The van der Waals surface area contributed by atoms with Crippen LogP contribution < -0.4 is 5.32 Å². The minimum absolute atomic E-state index is 0.0638. The Labute approximate surface area is 169 Å². The van der Waals surface area contributed by atoms with E-state index in [2.05, 4.69) is 20.3 Å². The smallest absolute Gasteiger partial charge is 0.308 e. The maximum Gasteiger partial charge on any atom is 0.308 e. The molecule has 0 spiro atoms. The van der Waals surface area contributed by atoms with Gasteiger partial charge in [0.25, 0.3) is 0 Å². The minimum Gasteiger partial charge on any atom is -0.481 e. The van der Waals surface area contributed by atoms with Crippen molar-refractivity contribution in [3.8, 4) is 11.4 Å². The number of nitrogens with zero attached hydrogens (tertiary/aromatic N) is 2. The Kier molecular flexibility index (Phi) is 4.41. The first kappa shape index (κ1) is 18.9. The molecule has 2 bridgehead atoms. The minimum atomic E-state index is -0.890. The molecular weight excluding hydrogens is 397 g/mol. The van der Waals surface area contributed by atoms with Gasteiger partial charge in [0.05, 0.1) is 17.6 Å². The SMILES string of the molecule is O=C(O)[C@H]1C2CCC(CC2)C1Nc1nc(-c2c[nH]c3c(F)cc(F)cc23)ncc1F. The van der Waals surface area contributed by atoms with Crippen LogP contribution >= 0.6 is 0 Å². The van der Waals surface area contributed by atoms with E-state index in [1.165, 1.54) is 6.20 Å². The predicted molar refractivity (Wildman–Crippen MR) is 103 cm³/mol. The van der Waals surface area contributed by atoms with Crippen LogP contribution in [0.3, 0.4) is 0 Å². The third-order valence-electron chi connectivity index (χ3n) is 6.50. The number of carboxylic acids is 1. The molecule has 3 aromatic rings. The molecule has 6 nitrogen and oxygen atoms in total. The number of hydrogen-bond acceptors (Lipinski definition) is 4. The summed E-state index contributed by atoms with van der Waals surface area (Å²) >= 11 is 0. The summed E-state index contributed by atoms with van der Waals surface area (Å²) in [6, 6.07) is 1.50. The molecule has 3 aliphatic carbocycles. The van der Waals surface area contributed by atoms with Crippen molar-refractivity contribution in [2.24, 2.45) is 17.8 Å². The van der Waals surface area contributed by atoms with E-state index in [0.717, 1.165) is 44.0 Å². The zero-order valence-corrected chi connectivity index (χ0v) is 15.8. The Morgan fingerprint density at radius 2 is 1.83 bits per heavy atom. The summed E-state index contributed by atoms with van der Waals surface area (Å²) in [6.45, 7) is 0. The second-order valence-electron chi connectivity index (χ2n) is 8.11. The molecule has 0 saturated heterocycles. The van der Waals surface area contributed by atoms with Gasteiger partial charge in [-0.1, -0.05) is 0 Å². The van der Waals surface area contributed by atoms with Crippen LogP contribution in [-0.2, 0) is 4.79 Å². The lowest BCUT2D eigenvalue weighted by atomic mass is 9.61. The van der Waals surface area contributed by atoms with Gasteiger partial charge in [-0.2, -0.15) is 0 Å². The fourth-order valence-electron chi connectivity index (χ4n) is 5.11. The lowest BCUT2D eigenvalue weighted by molar-refractivity contribution is -0.148. The second kappa shape index (κ2) is 7.00. The van der Waals surface area contributed by atoms with Gasteiger partial charge in [0.1, 0.15) is 11.6 Å². The number of rotatable bonds is 4. The van der Waals surface area contributed by atoms with Gasteiger partial charge in [-0.05, 0) is 43.6 Å². The first-order valence-corrected chi connectivity index (χ1v) is 9.90. The molecule has 0 aliphatic heterocycles. The van der Waals surface area contributed by atoms with E-state index < -0.39 is 35.4 Å². The van der Waals surface area contributed by atoms with Gasteiger partial charge < -0.3 is 15.4 Å². The molecule has 1 unspecified atom stereocenters. The van der Waals surface area contributed by atoms with Crippen LogP contribution in [0.15, 0.2) is 24.5 Å². The summed E-state index contributed by atoms with van der Waals surface area (Å²) in [6.07, 6.45) is 5.94. The lowest BCUT2D eigenvalue weighted by Gasteiger charge is -2.47. The second-order valence-corrected chi connectivity index (χ2v) is 8.11. The number of H-pyrrole nitrogens is 1. The fourth-order valence-corrected chi connectivity index (χ4v) is 5.11. The van der Waals surface area contributed by atoms with Gasteiger partial charge in [0, 0.05) is 29.3 Å². The third kappa shape index (κ3) is 3.00. The molecule has 3 saturated carbocycles. The highest BCUT2D eigenvalue weighted by atomic mass is 19.1. The van der Waals surface area contributed by atoms with Crippen molar-refractivity contribution in [2.75, 3.05) is 5.32 Å². The number of anilines is 1. The average molecular weight is 416 g/mol. The molecule has 9 heteroatoms. The van der Waals surface area contributed by atoms with Crippen LogP contribution in [0.25, 0.3) is 22.3 Å². The van der Waals surface area contributed by atoms with E-state index in [1.54, 1.807) is 0 Å². The number of carboxylic acid groups (broad SMARTS) is 1. The van der Waals surface area contributed by atoms with Crippen molar-refractivity contribution in [1.29, 1.82) is 0 Å². The Bertz CT molecular complexity index is 1140. The molecule has 3 aliphatic rings. The third-order valence-corrected chi connectivity index (χ3v) is 6.50. The summed E-state index contributed by atoms with van der Waals surface area (Å²) < 4.78 is 42.2. The van der Waals surface area contributed by atoms with Crippen molar-refractivity contribution in [3.63, 3.8) is 0 Å². The van der Waals surface area contributed by atoms with E-state index >= 15 is 0 Å². The number of fused-ring (bicyclic) bond motifs is 4. The molecule has 1 aromatic carbocycles. The van der Waals surface area contributed by atoms with Crippen LogP contribution in [0, 0.1) is 35.2 Å². The number of halogens is 3. The topological polar surface area (TPSA) is 90.9 Å². The zero-order chi connectivity index (χ0) is 21.0.